The first-order valence-corrected chi connectivity index (χ1v) is 9.89. The Hall–Kier alpha value is -1.80. The minimum Gasteiger partial charge on any atom is -0.367 e. The summed E-state index contributed by atoms with van der Waals surface area (Å²) in [5, 5.41) is 6.66. The Labute approximate surface area is 165 Å². The van der Waals surface area contributed by atoms with Crippen LogP contribution >= 0.6 is 0 Å². The van der Waals surface area contributed by atoms with Gasteiger partial charge in [0.1, 0.15) is 6.61 Å². The lowest BCUT2D eigenvalue weighted by molar-refractivity contribution is -0.176. The molecule has 1 unspecified atom stereocenters. The number of nitrogens with zero attached hydrogens (tertiary/aromatic N) is 2. The quantitative estimate of drug-likeness (QED) is 0.493. The summed E-state index contributed by atoms with van der Waals surface area (Å²) in [6, 6.07) is 7.85. The predicted molar refractivity (Wildman–Crippen MR) is 105 cm³/mol. The van der Waals surface area contributed by atoms with Gasteiger partial charge in [0.15, 0.2) is 5.96 Å². The SMILES string of the molecule is CCNC(=NCc1cccc(COCC(F)(F)F)c1)NCC1CCCN1CC. The number of benzene rings is 1. The third kappa shape index (κ3) is 8.06. The summed E-state index contributed by atoms with van der Waals surface area (Å²) in [7, 11) is 0. The van der Waals surface area contributed by atoms with Crippen LogP contribution < -0.4 is 10.6 Å². The van der Waals surface area contributed by atoms with E-state index in [-0.39, 0.29) is 6.61 Å². The number of hydrogen-bond donors (Lipinski definition) is 2. The number of guanidine groups is 1. The van der Waals surface area contributed by atoms with Crippen LogP contribution in [0.25, 0.3) is 0 Å². The van der Waals surface area contributed by atoms with Crippen molar-refractivity contribution in [2.24, 2.45) is 4.99 Å². The zero-order chi connectivity index (χ0) is 20.4. The van der Waals surface area contributed by atoms with E-state index in [1.54, 1.807) is 6.07 Å². The standard InChI is InChI=1S/C20H31F3N4O/c1-3-24-19(26-13-18-9-6-10-27(18)4-2)25-12-16-7-5-8-17(11-16)14-28-15-20(21,22)23/h5,7-8,11,18H,3-4,6,9-10,12-15H2,1-2H3,(H2,24,25,26). The Balaban J connectivity index is 1.88. The number of alkyl halides is 3. The minimum absolute atomic E-state index is 0.0656. The van der Waals surface area contributed by atoms with E-state index in [1.807, 2.05) is 25.1 Å². The molecule has 1 heterocycles. The van der Waals surface area contributed by atoms with E-state index in [0.29, 0.717) is 18.2 Å². The Morgan fingerprint density at radius 2 is 2.04 bits per heavy atom. The average molecular weight is 400 g/mol. The fourth-order valence-corrected chi connectivity index (χ4v) is 3.37. The molecule has 2 N–H and O–H groups in total. The van der Waals surface area contributed by atoms with Crippen LogP contribution in [-0.2, 0) is 17.9 Å². The fraction of sp³-hybridized carbons (Fsp3) is 0.650. The zero-order valence-corrected chi connectivity index (χ0v) is 16.7. The van der Waals surface area contributed by atoms with Crippen molar-refractivity contribution in [3.63, 3.8) is 0 Å². The number of likely N-dealkylation sites (tertiary alicyclic amines) is 1. The summed E-state index contributed by atoms with van der Waals surface area (Å²) < 4.78 is 41.3. The highest BCUT2D eigenvalue weighted by Crippen LogP contribution is 2.17. The summed E-state index contributed by atoms with van der Waals surface area (Å²) in [4.78, 5) is 7.08. The number of likely N-dealkylation sites (N-methyl/N-ethyl adjacent to an activating group) is 1. The molecule has 0 aliphatic carbocycles. The van der Waals surface area contributed by atoms with Gasteiger partial charge in [-0.3, -0.25) is 4.90 Å². The molecule has 1 saturated heterocycles. The highest BCUT2D eigenvalue weighted by Gasteiger charge is 2.27. The first kappa shape index (κ1) is 22.5. The van der Waals surface area contributed by atoms with Gasteiger partial charge in [0, 0.05) is 19.1 Å². The second kappa shape index (κ2) is 11.3. The minimum atomic E-state index is -4.30. The van der Waals surface area contributed by atoms with Crippen LogP contribution in [-0.4, -0.2) is 55.9 Å². The van der Waals surface area contributed by atoms with Crippen molar-refractivity contribution >= 4 is 5.96 Å². The van der Waals surface area contributed by atoms with Gasteiger partial charge in [-0.05, 0) is 44.0 Å². The van der Waals surface area contributed by atoms with Crippen LogP contribution in [0.1, 0.15) is 37.8 Å². The van der Waals surface area contributed by atoms with Crippen LogP contribution in [0.2, 0.25) is 0 Å². The van der Waals surface area contributed by atoms with E-state index in [1.165, 1.54) is 12.8 Å². The van der Waals surface area contributed by atoms with E-state index in [9.17, 15) is 13.2 Å². The maximum Gasteiger partial charge on any atom is 0.411 e. The molecular formula is C20H31F3N4O. The Morgan fingerprint density at radius 1 is 1.25 bits per heavy atom. The van der Waals surface area contributed by atoms with Crippen molar-refractivity contribution in [1.29, 1.82) is 0 Å². The predicted octanol–water partition coefficient (Wildman–Crippen LogP) is 3.30. The first-order valence-electron chi connectivity index (χ1n) is 9.89. The van der Waals surface area contributed by atoms with E-state index >= 15 is 0 Å². The van der Waals surface area contributed by atoms with Crippen LogP contribution in [0.3, 0.4) is 0 Å². The van der Waals surface area contributed by atoms with Crippen LogP contribution in [0.5, 0.6) is 0 Å². The van der Waals surface area contributed by atoms with Gasteiger partial charge in [-0.2, -0.15) is 13.2 Å². The topological polar surface area (TPSA) is 48.9 Å². The van der Waals surface area contributed by atoms with Gasteiger partial charge in [0.2, 0.25) is 0 Å². The molecule has 1 fully saturated rings. The van der Waals surface area contributed by atoms with E-state index in [4.69, 9.17) is 4.74 Å². The molecule has 2 rings (SSSR count). The zero-order valence-electron chi connectivity index (χ0n) is 16.7. The highest BCUT2D eigenvalue weighted by molar-refractivity contribution is 5.79. The van der Waals surface area contributed by atoms with E-state index in [2.05, 4.69) is 27.4 Å². The van der Waals surface area contributed by atoms with Gasteiger partial charge < -0.3 is 15.4 Å². The van der Waals surface area contributed by atoms with Crippen molar-refractivity contribution < 1.29 is 17.9 Å². The van der Waals surface area contributed by atoms with Crippen LogP contribution in [0, 0.1) is 0 Å². The number of rotatable bonds is 9. The summed E-state index contributed by atoms with van der Waals surface area (Å²) >= 11 is 0. The molecule has 158 valence electrons. The van der Waals surface area contributed by atoms with Crippen molar-refractivity contribution in [3.05, 3.63) is 35.4 Å². The molecule has 1 aliphatic heterocycles. The van der Waals surface area contributed by atoms with Crippen molar-refractivity contribution in [3.8, 4) is 0 Å². The molecule has 1 atom stereocenters. The summed E-state index contributed by atoms with van der Waals surface area (Å²) in [6.07, 6.45) is -1.88. The molecule has 0 aromatic heterocycles. The highest BCUT2D eigenvalue weighted by atomic mass is 19.4. The molecule has 5 nitrogen and oxygen atoms in total. The second-order valence-corrected chi connectivity index (χ2v) is 6.93. The molecular weight excluding hydrogens is 369 g/mol. The van der Waals surface area contributed by atoms with E-state index < -0.39 is 12.8 Å². The Kier molecular flexibility index (Phi) is 9.05. The normalized spacial score (nSPS) is 18.5. The Morgan fingerprint density at radius 3 is 2.75 bits per heavy atom. The third-order valence-corrected chi connectivity index (χ3v) is 4.70. The summed E-state index contributed by atoms with van der Waals surface area (Å²) in [6.45, 7) is 7.17. The molecule has 0 radical (unpaired) electrons. The summed E-state index contributed by atoms with van der Waals surface area (Å²) in [5.74, 6) is 0.754. The smallest absolute Gasteiger partial charge is 0.367 e. The molecule has 1 aromatic carbocycles. The molecule has 28 heavy (non-hydrogen) atoms. The molecule has 1 aromatic rings. The number of nitrogens with one attached hydrogen (secondary N) is 2. The molecule has 0 saturated carbocycles. The third-order valence-electron chi connectivity index (χ3n) is 4.70. The van der Waals surface area contributed by atoms with Crippen LogP contribution in [0.4, 0.5) is 13.2 Å². The van der Waals surface area contributed by atoms with Crippen molar-refractivity contribution in [2.45, 2.75) is 52.1 Å². The molecule has 1 aliphatic rings. The monoisotopic (exact) mass is 400 g/mol. The average Bonchev–Trinajstić information content (AvgIpc) is 3.11. The summed E-state index contributed by atoms with van der Waals surface area (Å²) in [5.41, 5.74) is 1.64. The maximum absolute atomic E-state index is 12.2. The van der Waals surface area contributed by atoms with Gasteiger partial charge in [-0.25, -0.2) is 4.99 Å². The maximum atomic E-state index is 12.2. The number of halogens is 3. The molecule has 8 heteroatoms. The Bertz CT molecular complexity index is 622. The lowest BCUT2D eigenvalue weighted by Gasteiger charge is -2.24. The largest absolute Gasteiger partial charge is 0.411 e. The molecule has 0 spiro atoms. The lowest BCUT2D eigenvalue weighted by atomic mass is 10.1. The lowest BCUT2D eigenvalue weighted by Crippen LogP contribution is -2.44. The van der Waals surface area contributed by atoms with Gasteiger partial charge in [0.25, 0.3) is 0 Å². The van der Waals surface area contributed by atoms with Gasteiger partial charge in [-0.1, -0.05) is 31.2 Å². The van der Waals surface area contributed by atoms with Gasteiger partial charge in [0.05, 0.1) is 13.2 Å². The molecule has 0 amide bonds. The molecule has 0 bridgehead atoms. The van der Waals surface area contributed by atoms with Crippen LogP contribution in [0.15, 0.2) is 29.3 Å². The van der Waals surface area contributed by atoms with Gasteiger partial charge >= 0.3 is 6.18 Å². The van der Waals surface area contributed by atoms with Crippen molar-refractivity contribution in [2.75, 3.05) is 32.8 Å². The fourth-order valence-electron chi connectivity index (χ4n) is 3.37. The van der Waals surface area contributed by atoms with Gasteiger partial charge in [-0.15, -0.1) is 0 Å². The van der Waals surface area contributed by atoms with E-state index in [0.717, 1.165) is 37.7 Å². The number of hydrogen-bond acceptors (Lipinski definition) is 3. The number of aliphatic imine (C=N–C) groups is 1. The first-order chi connectivity index (χ1) is 13.4. The second-order valence-electron chi connectivity index (χ2n) is 6.93. The number of ether oxygens (including phenoxy) is 1. The van der Waals surface area contributed by atoms with Crippen molar-refractivity contribution in [1.82, 2.24) is 15.5 Å².